The van der Waals surface area contributed by atoms with Crippen LogP contribution in [0.15, 0.2) is 22.7 Å². The zero-order chi connectivity index (χ0) is 13.5. The number of fused-ring (bicyclic) bond motifs is 1. The van der Waals surface area contributed by atoms with Crippen molar-refractivity contribution in [2.24, 2.45) is 5.92 Å². The van der Waals surface area contributed by atoms with Gasteiger partial charge in [0.1, 0.15) is 11.7 Å². The van der Waals surface area contributed by atoms with Crippen LogP contribution in [0.4, 0.5) is 13.2 Å². The van der Waals surface area contributed by atoms with Crippen LogP contribution in [0.5, 0.6) is 5.75 Å². The molecule has 1 aliphatic heterocycles. The van der Waals surface area contributed by atoms with Gasteiger partial charge >= 0.3 is 12.1 Å². The zero-order valence-corrected chi connectivity index (χ0v) is 10.5. The van der Waals surface area contributed by atoms with Gasteiger partial charge in [-0.2, -0.15) is 13.2 Å². The van der Waals surface area contributed by atoms with Gasteiger partial charge in [-0.05, 0) is 24.1 Å². The van der Waals surface area contributed by atoms with Crippen LogP contribution in [0, 0.1) is 5.92 Å². The van der Waals surface area contributed by atoms with Crippen molar-refractivity contribution in [1.82, 2.24) is 0 Å². The SMILES string of the molecule is O=C(O)C1Cc2ccc(Br)cc2OC1C(F)(F)F. The third-order valence-electron chi connectivity index (χ3n) is 2.73. The van der Waals surface area contributed by atoms with E-state index in [-0.39, 0.29) is 12.2 Å². The maximum Gasteiger partial charge on any atom is 0.426 e. The molecule has 0 bridgehead atoms. The van der Waals surface area contributed by atoms with E-state index in [2.05, 4.69) is 15.9 Å². The number of carbonyl (C=O) groups is 1. The van der Waals surface area contributed by atoms with Gasteiger partial charge in [0.15, 0.2) is 0 Å². The van der Waals surface area contributed by atoms with E-state index in [1.807, 2.05) is 0 Å². The Labute approximate surface area is 109 Å². The number of ether oxygens (including phenoxy) is 1. The molecule has 1 aromatic rings. The second-order valence-electron chi connectivity index (χ2n) is 3.98. The van der Waals surface area contributed by atoms with Gasteiger partial charge in [-0.25, -0.2) is 0 Å². The summed E-state index contributed by atoms with van der Waals surface area (Å²) in [6.07, 6.45) is -7.21. The third-order valence-corrected chi connectivity index (χ3v) is 3.22. The first-order valence-corrected chi connectivity index (χ1v) is 5.83. The lowest BCUT2D eigenvalue weighted by atomic mass is 9.90. The molecular weight excluding hydrogens is 317 g/mol. The molecule has 1 heterocycles. The normalized spacial score (nSPS) is 23.1. The van der Waals surface area contributed by atoms with E-state index in [4.69, 9.17) is 9.84 Å². The van der Waals surface area contributed by atoms with E-state index in [0.29, 0.717) is 10.0 Å². The fraction of sp³-hybridized carbons (Fsp3) is 0.364. The maximum atomic E-state index is 12.7. The van der Waals surface area contributed by atoms with Gasteiger partial charge in [-0.1, -0.05) is 22.0 Å². The quantitative estimate of drug-likeness (QED) is 0.863. The van der Waals surface area contributed by atoms with Crippen molar-refractivity contribution in [2.75, 3.05) is 0 Å². The molecule has 2 unspecified atom stereocenters. The number of alkyl halides is 3. The summed E-state index contributed by atoms with van der Waals surface area (Å²) in [4.78, 5) is 10.9. The summed E-state index contributed by atoms with van der Waals surface area (Å²) in [7, 11) is 0. The molecular formula is C11H8BrF3O3. The molecule has 0 radical (unpaired) electrons. The smallest absolute Gasteiger partial charge is 0.426 e. The topological polar surface area (TPSA) is 46.5 Å². The van der Waals surface area contributed by atoms with E-state index in [1.165, 1.54) is 6.07 Å². The van der Waals surface area contributed by atoms with Crippen LogP contribution in [-0.2, 0) is 11.2 Å². The lowest BCUT2D eigenvalue weighted by Crippen LogP contribution is -2.47. The summed E-state index contributed by atoms with van der Waals surface area (Å²) in [6.45, 7) is 0. The van der Waals surface area contributed by atoms with Crippen molar-refractivity contribution >= 4 is 21.9 Å². The minimum atomic E-state index is -4.71. The number of hydrogen-bond donors (Lipinski definition) is 1. The molecule has 2 rings (SSSR count). The van der Waals surface area contributed by atoms with Crippen molar-refractivity contribution in [2.45, 2.75) is 18.7 Å². The monoisotopic (exact) mass is 324 g/mol. The minimum Gasteiger partial charge on any atom is -0.481 e. The molecule has 0 saturated carbocycles. The Balaban J connectivity index is 2.41. The average Bonchev–Trinajstić information content (AvgIpc) is 2.25. The van der Waals surface area contributed by atoms with Crippen LogP contribution in [0.2, 0.25) is 0 Å². The number of aliphatic carboxylic acids is 1. The summed E-state index contributed by atoms with van der Waals surface area (Å²) in [6, 6.07) is 4.60. The number of carboxylic acid groups (broad SMARTS) is 1. The second kappa shape index (κ2) is 4.46. The molecule has 18 heavy (non-hydrogen) atoms. The molecule has 98 valence electrons. The van der Waals surface area contributed by atoms with Gasteiger partial charge in [0, 0.05) is 4.47 Å². The van der Waals surface area contributed by atoms with E-state index in [9.17, 15) is 18.0 Å². The number of carboxylic acids is 1. The largest absolute Gasteiger partial charge is 0.481 e. The Morgan fingerprint density at radius 1 is 1.44 bits per heavy atom. The Hall–Kier alpha value is -1.24. The zero-order valence-electron chi connectivity index (χ0n) is 8.87. The number of benzene rings is 1. The van der Waals surface area contributed by atoms with Crippen molar-refractivity contribution in [3.63, 3.8) is 0 Å². The van der Waals surface area contributed by atoms with Crippen LogP contribution in [-0.4, -0.2) is 23.4 Å². The van der Waals surface area contributed by atoms with Crippen molar-refractivity contribution in [3.05, 3.63) is 28.2 Å². The van der Waals surface area contributed by atoms with Crippen molar-refractivity contribution < 1.29 is 27.8 Å². The highest BCUT2D eigenvalue weighted by atomic mass is 79.9. The van der Waals surface area contributed by atoms with Crippen LogP contribution in [0.3, 0.4) is 0 Å². The lowest BCUT2D eigenvalue weighted by molar-refractivity contribution is -0.217. The molecule has 7 heteroatoms. The van der Waals surface area contributed by atoms with Gasteiger partial charge < -0.3 is 9.84 Å². The van der Waals surface area contributed by atoms with Crippen molar-refractivity contribution in [1.29, 1.82) is 0 Å². The van der Waals surface area contributed by atoms with E-state index in [0.717, 1.165) is 0 Å². The predicted octanol–water partition coefficient (Wildman–Crippen LogP) is 3.02. The first kappa shape index (κ1) is 13.2. The molecule has 0 aromatic heterocycles. The Bertz CT molecular complexity index is 487. The summed E-state index contributed by atoms with van der Waals surface area (Å²) in [5, 5.41) is 8.86. The molecule has 1 aromatic carbocycles. The first-order valence-electron chi connectivity index (χ1n) is 5.03. The molecule has 0 fully saturated rings. The van der Waals surface area contributed by atoms with Crippen LogP contribution >= 0.6 is 15.9 Å². The summed E-state index contributed by atoms with van der Waals surface area (Å²) in [5.41, 5.74) is 0.464. The standard InChI is InChI=1S/C11H8BrF3O3/c12-6-2-1-5-3-7(10(16)17)9(11(13,14)15)18-8(5)4-6/h1-2,4,7,9H,3H2,(H,16,17). The predicted molar refractivity (Wildman–Crippen MR) is 59.4 cm³/mol. The van der Waals surface area contributed by atoms with E-state index in [1.54, 1.807) is 12.1 Å². The molecule has 3 nitrogen and oxygen atoms in total. The number of hydrogen-bond acceptors (Lipinski definition) is 2. The molecule has 1 aliphatic rings. The van der Waals surface area contributed by atoms with Gasteiger partial charge in [-0.15, -0.1) is 0 Å². The molecule has 1 N–H and O–H groups in total. The summed E-state index contributed by atoms with van der Waals surface area (Å²) < 4.78 is 43.6. The Kier molecular flexibility index (Phi) is 3.27. The fourth-order valence-electron chi connectivity index (χ4n) is 1.88. The molecule has 0 amide bonds. The van der Waals surface area contributed by atoms with Gasteiger partial charge in [0.05, 0.1) is 0 Å². The highest BCUT2D eigenvalue weighted by molar-refractivity contribution is 9.10. The number of rotatable bonds is 1. The summed E-state index contributed by atoms with van der Waals surface area (Å²) >= 11 is 3.13. The van der Waals surface area contributed by atoms with Gasteiger partial charge in [-0.3, -0.25) is 4.79 Å². The average molecular weight is 325 g/mol. The second-order valence-corrected chi connectivity index (χ2v) is 4.90. The number of halogens is 4. The molecule has 0 saturated heterocycles. The molecule has 2 atom stereocenters. The van der Waals surface area contributed by atoms with Crippen molar-refractivity contribution in [3.8, 4) is 5.75 Å². The third kappa shape index (κ3) is 2.45. The van der Waals surface area contributed by atoms with Crippen LogP contribution < -0.4 is 4.74 Å². The lowest BCUT2D eigenvalue weighted by Gasteiger charge is -2.32. The minimum absolute atomic E-state index is 0.0733. The Morgan fingerprint density at radius 3 is 2.67 bits per heavy atom. The molecule has 0 aliphatic carbocycles. The molecule has 0 spiro atoms. The highest BCUT2D eigenvalue weighted by Crippen LogP contribution is 2.39. The highest BCUT2D eigenvalue weighted by Gasteiger charge is 2.52. The maximum absolute atomic E-state index is 12.7. The Morgan fingerprint density at radius 2 is 2.11 bits per heavy atom. The van der Waals surface area contributed by atoms with Crippen LogP contribution in [0.25, 0.3) is 0 Å². The van der Waals surface area contributed by atoms with E-state index < -0.39 is 24.2 Å². The van der Waals surface area contributed by atoms with Gasteiger partial charge in [0.25, 0.3) is 0 Å². The summed E-state index contributed by atoms with van der Waals surface area (Å²) in [5.74, 6) is -3.05. The van der Waals surface area contributed by atoms with Crippen LogP contribution in [0.1, 0.15) is 5.56 Å². The van der Waals surface area contributed by atoms with E-state index >= 15 is 0 Å². The fourth-order valence-corrected chi connectivity index (χ4v) is 2.22. The first-order chi connectivity index (χ1) is 8.29. The van der Waals surface area contributed by atoms with Gasteiger partial charge in [0.2, 0.25) is 6.10 Å².